The van der Waals surface area contributed by atoms with Crippen LogP contribution in [0.3, 0.4) is 0 Å². The Labute approximate surface area is 91.7 Å². The van der Waals surface area contributed by atoms with E-state index in [0.29, 0.717) is 11.5 Å². The zero-order chi connectivity index (χ0) is 10.8. The molecule has 0 atom stereocenters. The lowest BCUT2D eigenvalue weighted by molar-refractivity contribution is 0.572. The van der Waals surface area contributed by atoms with Crippen LogP contribution in [0.2, 0.25) is 5.02 Å². The van der Waals surface area contributed by atoms with Gasteiger partial charge in [0, 0.05) is 5.56 Å². The Morgan fingerprint density at radius 1 is 1.47 bits per heavy atom. The zero-order valence-corrected chi connectivity index (χ0v) is 8.88. The molecule has 0 radical (unpaired) electrons. The van der Waals surface area contributed by atoms with E-state index >= 15 is 0 Å². The summed E-state index contributed by atoms with van der Waals surface area (Å²) < 4.78 is 18.1. The summed E-state index contributed by atoms with van der Waals surface area (Å²) in [7, 11) is 0. The minimum atomic E-state index is -0.442. The van der Waals surface area contributed by atoms with Gasteiger partial charge in [-0.1, -0.05) is 18.5 Å². The number of hydrogen-bond donors (Lipinski definition) is 0. The lowest BCUT2D eigenvalue weighted by Crippen LogP contribution is -1.83. The van der Waals surface area contributed by atoms with Gasteiger partial charge in [-0.15, -0.1) is 0 Å². The summed E-state index contributed by atoms with van der Waals surface area (Å²) in [6, 6.07) is 4.39. The second-order valence-corrected chi connectivity index (χ2v) is 3.53. The summed E-state index contributed by atoms with van der Waals surface area (Å²) in [6.45, 7) is 1.99. The molecule has 0 aliphatic rings. The van der Waals surface area contributed by atoms with Gasteiger partial charge in [0.2, 0.25) is 5.89 Å². The quantitative estimate of drug-likeness (QED) is 0.779. The number of nitrogens with zero attached hydrogens (tertiary/aromatic N) is 1. The summed E-state index contributed by atoms with van der Waals surface area (Å²) in [5.41, 5.74) is 1.55. The third-order valence-corrected chi connectivity index (χ3v) is 2.37. The summed E-state index contributed by atoms with van der Waals surface area (Å²) in [5.74, 6) is 0.0245. The Morgan fingerprint density at radius 3 is 2.87 bits per heavy atom. The second-order valence-electron chi connectivity index (χ2n) is 3.13. The number of benzene rings is 1. The van der Waals surface area contributed by atoms with Crippen molar-refractivity contribution >= 4 is 11.6 Å². The molecule has 0 saturated carbocycles. The summed E-state index contributed by atoms with van der Waals surface area (Å²) in [4.78, 5) is 4.22. The van der Waals surface area contributed by atoms with Gasteiger partial charge in [-0.05, 0) is 24.6 Å². The topological polar surface area (TPSA) is 26.0 Å². The minimum Gasteiger partial charge on any atom is -0.444 e. The van der Waals surface area contributed by atoms with E-state index in [1.54, 1.807) is 12.3 Å². The Hall–Kier alpha value is -1.35. The van der Waals surface area contributed by atoms with Gasteiger partial charge < -0.3 is 4.42 Å². The van der Waals surface area contributed by atoms with Gasteiger partial charge in [0.15, 0.2) is 0 Å². The van der Waals surface area contributed by atoms with Gasteiger partial charge in [-0.2, -0.15) is 0 Å². The van der Waals surface area contributed by atoms with Crippen molar-refractivity contribution in [3.05, 3.63) is 41.0 Å². The maximum absolute atomic E-state index is 12.9. The number of oxazole rings is 1. The predicted molar refractivity (Wildman–Crippen MR) is 56.3 cm³/mol. The minimum absolute atomic E-state index is 0.0729. The summed E-state index contributed by atoms with van der Waals surface area (Å²) >= 11 is 5.66. The fourth-order valence-corrected chi connectivity index (χ4v) is 1.41. The summed E-state index contributed by atoms with van der Waals surface area (Å²) in [6.07, 6.45) is 2.39. The van der Waals surface area contributed by atoms with Crippen molar-refractivity contribution in [3.63, 3.8) is 0 Å². The van der Waals surface area contributed by atoms with Crippen LogP contribution >= 0.6 is 11.6 Å². The molecule has 0 saturated heterocycles. The largest absolute Gasteiger partial charge is 0.444 e. The van der Waals surface area contributed by atoms with E-state index < -0.39 is 5.82 Å². The predicted octanol–water partition coefficient (Wildman–Crippen LogP) is 3.70. The molecule has 78 valence electrons. The van der Waals surface area contributed by atoms with E-state index in [0.717, 1.165) is 12.1 Å². The molecule has 0 aliphatic heterocycles. The van der Waals surface area contributed by atoms with Crippen LogP contribution in [-0.2, 0) is 6.42 Å². The highest BCUT2D eigenvalue weighted by Gasteiger charge is 2.08. The SMILES string of the molecule is CCc1coc(-c2ccc(F)c(Cl)c2)n1. The molecule has 0 aliphatic carbocycles. The molecule has 1 heterocycles. The van der Waals surface area contributed by atoms with E-state index in [2.05, 4.69) is 4.98 Å². The average Bonchev–Trinajstić information content (AvgIpc) is 2.70. The Balaban J connectivity index is 2.40. The first kappa shape index (κ1) is 10.2. The molecule has 4 heteroatoms. The second kappa shape index (κ2) is 4.03. The van der Waals surface area contributed by atoms with Crippen LogP contribution in [-0.4, -0.2) is 4.98 Å². The van der Waals surface area contributed by atoms with Gasteiger partial charge in [-0.3, -0.25) is 0 Å². The van der Waals surface area contributed by atoms with Crippen molar-refractivity contribution in [2.75, 3.05) is 0 Å². The van der Waals surface area contributed by atoms with E-state index in [4.69, 9.17) is 16.0 Å². The molecular formula is C11H9ClFNO. The standard InChI is InChI=1S/C11H9ClFNO/c1-2-8-6-15-11(14-8)7-3-4-10(13)9(12)5-7/h3-6H,2H2,1H3. The van der Waals surface area contributed by atoms with E-state index in [-0.39, 0.29) is 5.02 Å². The molecule has 0 bridgehead atoms. The molecule has 0 spiro atoms. The Bertz CT molecular complexity index is 481. The maximum Gasteiger partial charge on any atom is 0.226 e. The molecule has 0 fully saturated rings. The van der Waals surface area contributed by atoms with Gasteiger partial charge in [0.25, 0.3) is 0 Å². The third-order valence-electron chi connectivity index (χ3n) is 2.08. The monoisotopic (exact) mass is 225 g/mol. The molecule has 2 aromatic rings. The van der Waals surface area contributed by atoms with Crippen LogP contribution in [0.4, 0.5) is 4.39 Å². The fourth-order valence-electron chi connectivity index (χ4n) is 1.23. The highest BCUT2D eigenvalue weighted by molar-refractivity contribution is 6.31. The molecule has 1 aromatic carbocycles. The maximum atomic E-state index is 12.9. The van der Waals surface area contributed by atoms with Crippen molar-refractivity contribution < 1.29 is 8.81 Å². The lowest BCUT2D eigenvalue weighted by atomic mass is 10.2. The van der Waals surface area contributed by atoms with Crippen molar-refractivity contribution in [2.24, 2.45) is 0 Å². The lowest BCUT2D eigenvalue weighted by Gasteiger charge is -1.97. The first-order chi connectivity index (χ1) is 7.20. The van der Waals surface area contributed by atoms with Gasteiger partial charge in [0.05, 0.1) is 10.7 Å². The number of rotatable bonds is 2. The van der Waals surface area contributed by atoms with Crippen molar-refractivity contribution in [1.82, 2.24) is 4.98 Å². The molecule has 15 heavy (non-hydrogen) atoms. The van der Waals surface area contributed by atoms with Crippen LogP contribution < -0.4 is 0 Å². The van der Waals surface area contributed by atoms with Crippen LogP contribution in [0.5, 0.6) is 0 Å². The van der Waals surface area contributed by atoms with Crippen molar-refractivity contribution in [3.8, 4) is 11.5 Å². The normalized spacial score (nSPS) is 10.6. The Kier molecular flexibility index (Phi) is 2.73. The van der Waals surface area contributed by atoms with Crippen LogP contribution in [0, 0.1) is 5.82 Å². The van der Waals surface area contributed by atoms with E-state index in [1.807, 2.05) is 6.92 Å². The van der Waals surface area contributed by atoms with Crippen molar-refractivity contribution in [1.29, 1.82) is 0 Å². The third kappa shape index (κ3) is 2.02. The molecule has 1 aromatic heterocycles. The molecule has 0 N–H and O–H groups in total. The smallest absolute Gasteiger partial charge is 0.226 e. The molecule has 2 rings (SSSR count). The molecule has 0 amide bonds. The first-order valence-electron chi connectivity index (χ1n) is 4.60. The fraction of sp³-hybridized carbons (Fsp3) is 0.182. The van der Waals surface area contributed by atoms with Gasteiger partial charge in [0.1, 0.15) is 12.1 Å². The van der Waals surface area contributed by atoms with Crippen LogP contribution in [0.25, 0.3) is 11.5 Å². The van der Waals surface area contributed by atoms with Gasteiger partial charge >= 0.3 is 0 Å². The number of aromatic nitrogens is 1. The van der Waals surface area contributed by atoms with E-state index in [9.17, 15) is 4.39 Å². The number of hydrogen-bond acceptors (Lipinski definition) is 2. The first-order valence-corrected chi connectivity index (χ1v) is 4.98. The molecular weight excluding hydrogens is 217 g/mol. The molecule has 2 nitrogen and oxygen atoms in total. The number of aryl methyl sites for hydroxylation is 1. The van der Waals surface area contributed by atoms with Crippen LogP contribution in [0.15, 0.2) is 28.9 Å². The van der Waals surface area contributed by atoms with Crippen LogP contribution in [0.1, 0.15) is 12.6 Å². The Morgan fingerprint density at radius 2 is 2.27 bits per heavy atom. The highest BCUT2D eigenvalue weighted by Crippen LogP contribution is 2.24. The molecule has 0 unspecified atom stereocenters. The number of halogens is 2. The highest BCUT2D eigenvalue weighted by atomic mass is 35.5. The van der Waals surface area contributed by atoms with Gasteiger partial charge in [-0.25, -0.2) is 9.37 Å². The zero-order valence-electron chi connectivity index (χ0n) is 8.13. The summed E-state index contributed by atoms with van der Waals surface area (Å²) in [5, 5.41) is 0.0729. The van der Waals surface area contributed by atoms with E-state index in [1.165, 1.54) is 12.1 Å². The average molecular weight is 226 g/mol. The van der Waals surface area contributed by atoms with Crippen molar-refractivity contribution in [2.45, 2.75) is 13.3 Å².